The van der Waals surface area contributed by atoms with Gasteiger partial charge in [0, 0.05) is 13.0 Å². The SMILES string of the molecule is CCOC(=O)C[C@H](NC(C)=O)C(C)C. The third-order valence-electron chi connectivity index (χ3n) is 1.89. The summed E-state index contributed by atoms with van der Waals surface area (Å²) >= 11 is 0. The Morgan fingerprint density at radius 2 is 1.93 bits per heavy atom. The minimum Gasteiger partial charge on any atom is -0.466 e. The average molecular weight is 201 g/mol. The zero-order valence-electron chi connectivity index (χ0n) is 9.29. The summed E-state index contributed by atoms with van der Waals surface area (Å²) in [6.45, 7) is 7.50. The first-order chi connectivity index (χ1) is 6.47. The Morgan fingerprint density at radius 3 is 2.29 bits per heavy atom. The van der Waals surface area contributed by atoms with Crippen molar-refractivity contribution in [3.8, 4) is 0 Å². The fourth-order valence-corrected chi connectivity index (χ4v) is 1.11. The number of hydrogen-bond donors (Lipinski definition) is 1. The monoisotopic (exact) mass is 201 g/mol. The molecule has 0 aliphatic heterocycles. The summed E-state index contributed by atoms with van der Waals surface area (Å²) in [5.41, 5.74) is 0. The van der Waals surface area contributed by atoms with Gasteiger partial charge in [-0.15, -0.1) is 0 Å². The van der Waals surface area contributed by atoms with E-state index in [9.17, 15) is 9.59 Å². The Hall–Kier alpha value is -1.06. The van der Waals surface area contributed by atoms with Gasteiger partial charge in [0.05, 0.1) is 13.0 Å². The highest BCUT2D eigenvalue weighted by Crippen LogP contribution is 2.07. The molecule has 0 heterocycles. The van der Waals surface area contributed by atoms with Crippen molar-refractivity contribution in [3.63, 3.8) is 0 Å². The van der Waals surface area contributed by atoms with Crippen molar-refractivity contribution in [1.29, 1.82) is 0 Å². The smallest absolute Gasteiger partial charge is 0.307 e. The Bertz CT molecular complexity index is 202. The first-order valence-corrected chi connectivity index (χ1v) is 4.90. The minimum absolute atomic E-state index is 0.118. The Morgan fingerprint density at radius 1 is 1.36 bits per heavy atom. The van der Waals surface area contributed by atoms with Gasteiger partial charge in [-0.05, 0) is 12.8 Å². The summed E-state index contributed by atoms with van der Waals surface area (Å²) in [4.78, 5) is 22.0. The van der Waals surface area contributed by atoms with Crippen LogP contribution in [-0.2, 0) is 14.3 Å². The molecule has 0 radical (unpaired) electrons. The Balaban J connectivity index is 4.09. The number of hydrogen-bond acceptors (Lipinski definition) is 3. The molecule has 0 unspecified atom stereocenters. The van der Waals surface area contributed by atoms with E-state index in [4.69, 9.17) is 4.74 Å². The molecule has 1 N–H and O–H groups in total. The molecule has 0 bridgehead atoms. The molecule has 0 saturated heterocycles. The standard InChI is InChI=1S/C10H19NO3/c1-5-14-10(13)6-9(7(2)3)11-8(4)12/h7,9H,5-6H2,1-4H3,(H,11,12)/t9-/m0/s1. The quantitative estimate of drug-likeness (QED) is 0.678. The van der Waals surface area contributed by atoms with Crippen LogP contribution in [0.4, 0.5) is 0 Å². The van der Waals surface area contributed by atoms with Gasteiger partial charge in [0.25, 0.3) is 0 Å². The van der Waals surface area contributed by atoms with Crippen molar-refractivity contribution < 1.29 is 14.3 Å². The summed E-state index contributed by atoms with van der Waals surface area (Å²) in [7, 11) is 0. The van der Waals surface area contributed by atoms with E-state index in [1.807, 2.05) is 13.8 Å². The fourth-order valence-electron chi connectivity index (χ4n) is 1.11. The fraction of sp³-hybridized carbons (Fsp3) is 0.800. The summed E-state index contributed by atoms with van der Waals surface area (Å²) < 4.78 is 4.81. The molecular weight excluding hydrogens is 182 g/mol. The first kappa shape index (κ1) is 12.9. The maximum Gasteiger partial charge on any atom is 0.307 e. The molecule has 0 aromatic heterocycles. The van der Waals surface area contributed by atoms with Gasteiger partial charge in [-0.3, -0.25) is 9.59 Å². The van der Waals surface area contributed by atoms with Crippen LogP contribution < -0.4 is 5.32 Å². The van der Waals surface area contributed by atoms with E-state index in [0.717, 1.165) is 0 Å². The molecule has 0 aliphatic carbocycles. The third kappa shape index (κ3) is 5.56. The number of amides is 1. The molecule has 0 aliphatic rings. The van der Waals surface area contributed by atoms with Gasteiger partial charge in [-0.2, -0.15) is 0 Å². The lowest BCUT2D eigenvalue weighted by Gasteiger charge is -2.20. The van der Waals surface area contributed by atoms with Crippen LogP contribution in [-0.4, -0.2) is 24.5 Å². The lowest BCUT2D eigenvalue weighted by Crippen LogP contribution is -2.39. The van der Waals surface area contributed by atoms with E-state index in [2.05, 4.69) is 5.32 Å². The van der Waals surface area contributed by atoms with E-state index in [1.165, 1.54) is 6.92 Å². The van der Waals surface area contributed by atoms with Crippen LogP contribution in [0.25, 0.3) is 0 Å². The van der Waals surface area contributed by atoms with Crippen LogP contribution in [0.1, 0.15) is 34.1 Å². The maximum atomic E-state index is 11.2. The van der Waals surface area contributed by atoms with E-state index >= 15 is 0 Å². The predicted molar refractivity (Wildman–Crippen MR) is 53.7 cm³/mol. The van der Waals surface area contributed by atoms with Gasteiger partial charge < -0.3 is 10.1 Å². The number of ether oxygens (including phenoxy) is 1. The lowest BCUT2D eigenvalue weighted by atomic mass is 10.0. The van der Waals surface area contributed by atoms with E-state index < -0.39 is 0 Å². The highest BCUT2D eigenvalue weighted by atomic mass is 16.5. The average Bonchev–Trinajstić information content (AvgIpc) is 2.02. The second-order valence-electron chi connectivity index (χ2n) is 3.56. The number of carbonyl (C=O) groups is 2. The molecule has 0 spiro atoms. The van der Waals surface area contributed by atoms with Crippen molar-refractivity contribution in [2.24, 2.45) is 5.92 Å². The highest BCUT2D eigenvalue weighted by molar-refractivity contribution is 5.75. The van der Waals surface area contributed by atoms with Crippen LogP contribution in [0.2, 0.25) is 0 Å². The highest BCUT2D eigenvalue weighted by Gasteiger charge is 2.18. The second-order valence-corrected chi connectivity index (χ2v) is 3.56. The third-order valence-corrected chi connectivity index (χ3v) is 1.89. The molecular formula is C10H19NO3. The Labute approximate surface area is 85.0 Å². The van der Waals surface area contributed by atoms with E-state index in [1.54, 1.807) is 6.92 Å². The van der Waals surface area contributed by atoms with Crippen molar-refractivity contribution in [3.05, 3.63) is 0 Å². The number of rotatable bonds is 5. The molecule has 82 valence electrons. The maximum absolute atomic E-state index is 11.2. The molecule has 14 heavy (non-hydrogen) atoms. The van der Waals surface area contributed by atoms with Crippen molar-refractivity contribution >= 4 is 11.9 Å². The Kier molecular flexibility index (Phi) is 5.92. The zero-order valence-corrected chi connectivity index (χ0v) is 9.29. The molecule has 1 amide bonds. The van der Waals surface area contributed by atoms with Gasteiger partial charge in [-0.1, -0.05) is 13.8 Å². The number of esters is 1. The summed E-state index contributed by atoms with van der Waals surface area (Å²) in [5.74, 6) is -0.156. The lowest BCUT2D eigenvalue weighted by molar-refractivity contribution is -0.144. The van der Waals surface area contributed by atoms with Crippen molar-refractivity contribution in [2.75, 3.05) is 6.61 Å². The molecule has 4 nitrogen and oxygen atoms in total. The topological polar surface area (TPSA) is 55.4 Å². The van der Waals surface area contributed by atoms with Crippen LogP contribution in [0.5, 0.6) is 0 Å². The molecule has 0 aromatic carbocycles. The van der Waals surface area contributed by atoms with Crippen molar-refractivity contribution in [1.82, 2.24) is 5.32 Å². The number of nitrogens with one attached hydrogen (secondary N) is 1. The van der Waals surface area contributed by atoms with Gasteiger partial charge in [0.1, 0.15) is 0 Å². The second kappa shape index (κ2) is 6.40. The minimum atomic E-state index is -0.264. The molecule has 0 rings (SSSR count). The van der Waals surface area contributed by atoms with Gasteiger partial charge in [-0.25, -0.2) is 0 Å². The van der Waals surface area contributed by atoms with Crippen LogP contribution in [0.3, 0.4) is 0 Å². The van der Waals surface area contributed by atoms with Gasteiger partial charge in [0.15, 0.2) is 0 Å². The van der Waals surface area contributed by atoms with Crippen molar-refractivity contribution in [2.45, 2.75) is 40.2 Å². The largest absolute Gasteiger partial charge is 0.466 e. The van der Waals surface area contributed by atoms with Gasteiger partial charge >= 0.3 is 5.97 Å². The van der Waals surface area contributed by atoms with Crippen LogP contribution >= 0.6 is 0 Å². The molecule has 0 aromatic rings. The van der Waals surface area contributed by atoms with Crippen LogP contribution in [0, 0.1) is 5.92 Å². The van der Waals surface area contributed by atoms with E-state index in [0.29, 0.717) is 6.61 Å². The molecule has 4 heteroatoms. The molecule has 0 fully saturated rings. The molecule has 0 saturated carbocycles. The van der Waals surface area contributed by atoms with Crippen LogP contribution in [0.15, 0.2) is 0 Å². The zero-order chi connectivity index (χ0) is 11.1. The summed E-state index contributed by atoms with van der Waals surface area (Å²) in [5, 5.41) is 2.73. The number of carbonyl (C=O) groups excluding carboxylic acids is 2. The first-order valence-electron chi connectivity index (χ1n) is 4.90. The summed E-state index contributed by atoms with van der Waals surface area (Å²) in [6, 6.07) is -0.133. The predicted octanol–water partition coefficient (Wildman–Crippen LogP) is 1.10. The summed E-state index contributed by atoms with van der Waals surface area (Å²) in [6.07, 6.45) is 0.241. The normalized spacial score (nSPS) is 12.4. The van der Waals surface area contributed by atoms with E-state index in [-0.39, 0.29) is 30.3 Å². The van der Waals surface area contributed by atoms with Gasteiger partial charge in [0.2, 0.25) is 5.91 Å². The molecule has 1 atom stereocenters.